The van der Waals surface area contributed by atoms with Crippen molar-refractivity contribution in [1.82, 2.24) is 20.5 Å². The van der Waals surface area contributed by atoms with Crippen molar-refractivity contribution >= 4 is 0 Å². The maximum atomic E-state index is 4.29. The van der Waals surface area contributed by atoms with Gasteiger partial charge in [-0.25, -0.2) is 0 Å². The highest BCUT2D eigenvalue weighted by atomic mass is 15.1. The van der Waals surface area contributed by atoms with Gasteiger partial charge < -0.3 is 5.32 Å². The molecule has 0 amide bonds. The van der Waals surface area contributed by atoms with Crippen LogP contribution in [-0.4, -0.2) is 21.7 Å². The first-order valence-electron chi connectivity index (χ1n) is 5.88. The predicted octanol–water partition coefficient (Wildman–Crippen LogP) is 1.75. The van der Waals surface area contributed by atoms with Crippen LogP contribution in [0.3, 0.4) is 0 Å². The van der Waals surface area contributed by atoms with Crippen LogP contribution in [0, 0.1) is 13.8 Å². The highest BCUT2D eigenvalue weighted by Crippen LogP contribution is 2.08. The molecule has 2 aromatic heterocycles. The van der Waals surface area contributed by atoms with Gasteiger partial charge in [0.2, 0.25) is 0 Å². The van der Waals surface area contributed by atoms with Crippen LogP contribution in [0.15, 0.2) is 24.4 Å². The van der Waals surface area contributed by atoms with E-state index in [2.05, 4.69) is 33.5 Å². The standard InChI is InChI=1S/C13H18N4/c1-10-13(11(2)17-16-10)9-14-8-6-12-5-3-4-7-15-12/h3-5,7,14H,6,8-9H2,1-2H3,(H,16,17). The lowest BCUT2D eigenvalue weighted by atomic mass is 10.2. The normalized spacial score (nSPS) is 10.7. The molecule has 0 radical (unpaired) electrons. The molecular weight excluding hydrogens is 212 g/mol. The van der Waals surface area contributed by atoms with Gasteiger partial charge in [0.15, 0.2) is 0 Å². The Balaban J connectivity index is 1.77. The Labute approximate surface area is 101 Å². The number of H-pyrrole nitrogens is 1. The zero-order chi connectivity index (χ0) is 12.1. The summed E-state index contributed by atoms with van der Waals surface area (Å²) in [5.41, 5.74) is 4.62. The molecule has 4 nitrogen and oxygen atoms in total. The van der Waals surface area contributed by atoms with Gasteiger partial charge in [-0.1, -0.05) is 6.07 Å². The van der Waals surface area contributed by atoms with E-state index in [0.29, 0.717) is 0 Å². The number of aryl methyl sites for hydroxylation is 2. The molecule has 2 heterocycles. The van der Waals surface area contributed by atoms with Crippen molar-refractivity contribution in [3.63, 3.8) is 0 Å². The molecule has 2 N–H and O–H groups in total. The quantitative estimate of drug-likeness (QED) is 0.769. The number of aromatic nitrogens is 3. The van der Waals surface area contributed by atoms with Crippen LogP contribution in [0.1, 0.15) is 22.6 Å². The highest BCUT2D eigenvalue weighted by molar-refractivity contribution is 5.22. The van der Waals surface area contributed by atoms with E-state index in [0.717, 1.165) is 36.6 Å². The van der Waals surface area contributed by atoms with E-state index in [1.165, 1.54) is 5.56 Å². The maximum absolute atomic E-state index is 4.29. The molecule has 0 saturated carbocycles. The topological polar surface area (TPSA) is 53.6 Å². The molecule has 0 atom stereocenters. The van der Waals surface area contributed by atoms with E-state index < -0.39 is 0 Å². The van der Waals surface area contributed by atoms with Crippen LogP contribution in [-0.2, 0) is 13.0 Å². The van der Waals surface area contributed by atoms with Gasteiger partial charge in [-0.15, -0.1) is 0 Å². The number of hydrogen-bond acceptors (Lipinski definition) is 3. The third-order valence-corrected chi connectivity index (χ3v) is 2.87. The monoisotopic (exact) mass is 230 g/mol. The molecule has 0 spiro atoms. The second kappa shape index (κ2) is 5.59. The number of pyridine rings is 1. The Hall–Kier alpha value is -1.68. The first-order chi connectivity index (χ1) is 8.27. The lowest BCUT2D eigenvalue weighted by Crippen LogP contribution is -2.17. The Morgan fingerprint density at radius 2 is 2.18 bits per heavy atom. The molecule has 0 aliphatic carbocycles. The minimum Gasteiger partial charge on any atom is -0.312 e. The summed E-state index contributed by atoms with van der Waals surface area (Å²) in [4.78, 5) is 4.29. The second-order valence-electron chi connectivity index (χ2n) is 4.16. The zero-order valence-corrected chi connectivity index (χ0v) is 10.3. The predicted molar refractivity (Wildman–Crippen MR) is 67.7 cm³/mol. The van der Waals surface area contributed by atoms with E-state index in [-0.39, 0.29) is 0 Å². The van der Waals surface area contributed by atoms with Crippen LogP contribution in [0.5, 0.6) is 0 Å². The Bertz CT molecular complexity index is 442. The minimum absolute atomic E-state index is 0.862. The van der Waals surface area contributed by atoms with Gasteiger partial charge in [0.25, 0.3) is 0 Å². The summed E-state index contributed by atoms with van der Waals surface area (Å²) in [5.74, 6) is 0. The molecule has 0 aliphatic rings. The molecule has 90 valence electrons. The Morgan fingerprint density at radius 1 is 1.29 bits per heavy atom. The number of rotatable bonds is 5. The Kier molecular flexibility index (Phi) is 3.88. The fourth-order valence-corrected chi connectivity index (χ4v) is 1.81. The first kappa shape index (κ1) is 11.8. The summed E-state index contributed by atoms with van der Waals surface area (Å²) in [6, 6.07) is 6.01. The fourth-order valence-electron chi connectivity index (χ4n) is 1.81. The van der Waals surface area contributed by atoms with Crippen LogP contribution < -0.4 is 5.32 Å². The molecule has 0 fully saturated rings. The average molecular weight is 230 g/mol. The molecule has 0 saturated heterocycles. The molecule has 2 aromatic rings. The summed E-state index contributed by atoms with van der Waals surface area (Å²) in [6.07, 6.45) is 2.79. The molecule has 0 bridgehead atoms. The minimum atomic E-state index is 0.862. The van der Waals surface area contributed by atoms with Crippen LogP contribution in [0.25, 0.3) is 0 Å². The van der Waals surface area contributed by atoms with Gasteiger partial charge in [-0.3, -0.25) is 10.1 Å². The van der Waals surface area contributed by atoms with E-state index in [1.807, 2.05) is 25.3 Å². The zero-order valence-electron chi connectivity index (χ0n) is 10.3. The molecule has 0 unspecified atom stereocenters. The SMILES string of the molecule is Cc1n[nH]c(C)c1CNCCc1ccccn1. The molecule has 0 aliphatic heterocycles. The van der Waals surface area contributed by atoms with Gasteiger partial charge in [0.05, 0.1) is 5.69 Å². The maximum Gasteiger partial charge on any atom is 0.0638 e. The lowest BCUT2D eigenvalue weighted by Gasteiger charge is -2.04. The van der Waals surface area contributed by atoms with Crippen LogP contribution in [0.4, 0.5) is 0 Å². The van der Waals surface area contributed by atoms with Crippen molar-refractivity contribution in [2.24, 2.45) is 0 Å². The molecule has 17 heavy (non-hydrogen) atoms. The summed E-state index contributed by atoms with van der Waals surface area (Å²) < 4.78 is 0. The van der Waals surface area contributed by atoms with Gasteiger partial charge in [-0.2, -0.15) is 5.10 Å². The van der Waals surface area contributed by atoms with Gasteiger partial charge >= 0.3 is 0 Å². The van der Waals surface area contributed by atoms with Crippen LogP contribution >= 0.6 is 0 Å². The molecular formula is C13H18N4. The lowest BCUT2D eigenvalue weighted by molar-refractivity contribution is 0.676. The van der Waals surface area contributed by atoms with Crippen molar-refractivity contribution in [1.29, 1.82) is 0 Å². The van der Waals surface area contributed by atoms with Crippen molar-refractivity contribution < 1.29 is 0 Å². The summed E-state index contributed by atoms with van der Waals surface area (Å²) in [6.45, 7) is 5.87. The van der Waals surface area contributed by atoms with Crippen LogP contribution in [0.2, 0.25) is 0 Å². The fraction of sp³-hybridized carbons (Fsp3) is 0.385. The highest BCUT2D eigenvalue weighted by Gasteiger charge is 2.04. The first-order valence-corrected chi connectivity index (χ1v) is 5.88. The largest absolute Gasteiger partial charge is 0.312 e. The van der Waals surface area contributed by atoms with E-state index in [1.54, 1.807) is 0 Å². The third-order valence-electron chi connectivity index (χ3n) is 2.87. The average Bonchev–Trinajstić information content (AvgIpc) is 2.67. The van der Waals surface area contributed by atoms with Crippen molar-refractivity contribution in [3.8, 4) is 0 Å². The third kappa shape index (κ3) is 3.14. The Morgan fingerprint density at radius 3 is 2.82 bits per heavy atom. The number of hydrogen-bond donors (Lipinski definition) is 2. The van der Waals surface area contributed by atoms with E-state index in [4.69, 9.17) is 0 Å². The van der Waals surface area contributed by atoms with Gasteiger partial charge in [0.1, 0.15) is 0 Å². The van der Waals surface area contributed by atoms with Crippen molar-refractivity contribution in [2.45, 2.75) is 26.8 Å². The van der Waals surface area contributed by atoms with E-state index in [9.17, 15) is 0 Å². The van der Waals surface area contributed by atoms with Gasteiger partial charge in [0, 0.05) is 42.7 Å². The second-order valence-corrected chi connectivity index (χ2v) is 4.16. The van der Waals surface area contributed by atoms with Crippen molar-refractivity contribution in [3.05, 3.63) is 47.0 Å². The summed E-state index contributed by atoms with van der Waals surface area (Å²) >= 11 is 0. The molecule has 4 heteroatoms. The smallest absolute Gasteiger partial charge is 0.0638 e. The van der Waals surface area contributed by atoms with Gasteiger partial charge in [-0.05, 0) is 26.0 Å². The number of aromatic amines is 1. The number of nitrogens with zero attached hydrogens (tertiary/aromatic N) is 2. The van der Waals surface area contributed by atoms with Crippen molar-refractivity contribution in [2.75, 3.05) is 6.54 Å². The summed E-state index contributed by atoms with van der Waals surface area (Å²) in [7, 11) is 0. The molecule has 0 aromatic carbocycles. The molecule has 2 rings (SSSR count). The van der Waals surface area contributed by atoms with E-state index >= 15 is 0 Å². The summed E-state index contributed by atoms with van der Waals surface area (Å²) in [5, 5.41) is 10.6. The number of nitrogens with one attached hydrogen (secondary N) is 2.